The molecule has 1 aliphatic carbocycles. The fraction of sp³-hybridized carbons (Fsp3) is 0.400. The summed E-state index contributed by atoms with van der Waals surface area (Å²) in [5, 5.41) is 3.00. The van der Waals surface area contributed by atoms with Crippen LogP contribution in [-0.2, 0) is 16.1 Å². The zero-order valence-electron chi connectivity index (χ0n) is 17.9. The largest absolute Gasteiger partial charge is 0.346 e. The molecule has 3 amide bonds. The molecule has 4 rings (SSSR count). The summed E-state index contributed by atoms with van der Waals surface area (Å²) in [4.78, 5) is 41.1. The maximum Gasteiger partial charge on any atom is 0.312 e. The monoisotopic (exact) mass is 419 g/mol. The summed E-state index contributed by atoms with van der Waals surface area (Å²) in [6.45, 7) is 3.49. The second kappa shape index (κ2) is 9.33. The molecular formula is C25H29N3O3. The van der Waals surface area contributed by atoms with Crippen molar-refractivity contribution in [2.24, 2.45) is 0 Å². The second-order valence-electron chi connectivity index (χ2n) is 8.47. The number of carbonyl (C=O) groups is 3. The predicted octanol–water partition coefficient (Wildman–Crippen LogP) is 3.29. The topological polar surface area (TPSA) is 69.7 Å². The molecule has 0 bridgehead atoms. The number of hydrogen-bond donors (Lipinski definition) is 1. The molecule has 31 heavy (non-hydrogen) atoms. The maximum atomic E-state index is 12.6. The van der Waals surface area contributed by atoms with E-state index in [1.807, 2.05) is 49.4 Å². The smallest absolute Gasteiger partial charge is 0.312 e. The van der Waals surface area contributed by atoms with E-state index in [0.717, 1.165) is 36.8 Å². The van der Waals surface area contributed by atoms with Crippen molar-refractivity contribution >= 4 is 17.7 Å². The molecular weight excluding hydrogens is 390 g/mol. The molecule has 0 spiro atoms. The van der Waals surface area contributed by atoms with E-state index in [9.17, 15) is 14.4 Å². The number of nitrogens with one attached hydrogen (secondary N) is 1. The summed E-state index contributed by atoms with van der Waals surface area (Å²) in [5.74, 6) is -0.931. The van der Waals surface area contributed by atoms with E-state index in [1.165, 1.54) is 0 Å². The third-order valence-corrected chi connectivity index (χ3v) is 6.34. The van der Waals surface area contributed by atoms with Crippen molar-refractivity contribution < 1.29 is 14.4 Å². The molecule has 2 fully saturated rings. The van der Waals surface area contributed by atoms with E-state index in [1.54, 1.807) is 21.9 Å². The van der Waals surface area contributed by atoms with Crippen LogP contribution in [-0.4, -0.2) is 46.7 Å². The van der Waals surface area contributed by atoms with Crippen molar-refractivity contribution in [2.45, 2.75) is 51.2 Å². The fourth-order valence-corrected chi connectivity index (χ4v) is 4.49. The zero-order valence-corrected chi connectivity index (χ0v) is 17.9. The van der Waals surface area contributed by atoms with Crippen molar-refractivity contribution in [2.75, 3.05) is 13.1 Å². The molecule has 6 nitrogen and oxygen atoms in total. The minimum atomic E-state index is -0.420. The van der Waals surface area contributed by atoms with Crippen LogP contribution in [0.1, 0.15) is 60.1 Å². The number of benzene rings is 2. The van der Waals surface area contributed by atoms with E-state index in [2.05, 4.69) is 5.32 Å². The number of amides is 3. The summed E-state index contributed by atoms with van der Waals surface area (Å²) in [5.41, 5.74) is 2.52. The first-order chi connectivity index (χ1) is 15.0. The minimum absolute atomic E-state index is 0.0897. The van der Waals surface area contributed by atoms with Gasteiger partial charge in [0, 0.05) is 31.2 Å². The quantitative estimate of drug-likeness (QED) is 0.731. The van der Waals surface area contributed by atoms with Crippen LogP contribution in [0.2, 0.25) is 0 Å². The molecule has 0 aromatic heterocycles. The normalized spacial score (nSPS) is 18.4. The number of nitrogens with zero attached hydrogens (tertiary/aromatic N) is 2. The first kappa shape index (κ1) is 21.1. The highest BCUT2D eigenvalue weighted by Crippen LogP contribution is 2.25. The van der Waals surface area contributed by atoms with E-state index in [-0.39, 0.29) is 23.9 Å². The zero-order chi connectivity index (χ0) is 21.8. The van der Waals surface area contributed by atoms with Gasteiger partial charge in [-0.05, 0) is 43.0 Å². The van der Waals surface area contributed by atoms with Gasteiger partial charge in [-0.25, -0.2) is 0 Å². The maximum absolute atomic E-state index is 12.6. The standard InChI is InChI=1S/C25H29N3O3/c1-18(20-7-3-2-4-8-20)26-23(29)21-13-11-19(12-14-21)17-27-15-16-28(25(31)24(27)30)22-9-5-6-10-22/h2-4,7-8,11-14,18,22H,5-6,9-10,15-17H2,1H3,(H,26,29)/t18-/m1/s1. The van der Waals surface area contributed by atoms with E-state index >= 15 is 0 Å². The molecule has 1 saturated carbocycles. The van der Waals surface area contributed by atoms with Gasteiger partial charge < -0.3 is 15.1 Å². The molecule has 2 aliphatic rings. The van der Waals surface area contributed by atoms with Crippen LogP contribution in [0.25, 0.3) is 0 Å². The third kappa shape index (κ3) is 4.79. The molecule has 1 N–H and O–H groups in total. The van der Waals surface area contributed by atoms with Crippen LogP contribution in [0.15, 0.2) is 54.6 Å². The van der Waals surface area contributed by atoms with Gasteiger partial charge >= 0.3 is 11.8 Å². The van der Waals surface area contributed by atoms with Crippen LogP contribution in [0.3, 0.4) is 0 Å². The van der Waals surface area contributed by atoms with Crippen molar-refractivity contribution in [3.05, 3.63) is 71.3 Å². The van der Waals surface area contributed by atoms with Crippen molar-refractivity contribution in [1.82, 2.24) is 15.1 Å². The van der Waals surface area contributed by atoms with Crippen molar-refractivity contribution in [1.29, 1.82) is 0 Å². The SMILES string of the molecule is C[C@@H](NC(=O)c1ccc(CN2CCN(C3CCCC3)C(=O)C2=O)cc1)c1ccccc1. The molecule has 162 valence electrons. The average molecular weight is 420 g/mol. The molecule has 1 atom stereocenters. The van der Waals surface area contributed by atoms with Gasteiger partial charge in [-0.3, -0.25) is 14.4 Å². The van der Waals surface area contributed by atoms with Gasteiger partial charge in [-0.15, -0.1) is 0 Å². The molecule has 0 unspecified atom stereocenters. The Morgan fingerprint density at radius 3 is 2.32 bits per heavy atom. The molecule has 1 aliphatic heterocycles. The minimum Gasteiger partial charge on any atom is -0.346 e. The molecule has 6 heteroatoms. The summed E-state index contributed by atoms with van der Waals surface area (Å²) < 4.78 is 0. The third-order valence-electron chi connectivity index (χ3n) is 6.34. The Morgan fingerprint density at radius 2 is 1.65 bits per heavy atom. The summed E-state index contributed by atoms with van der Waals surface area (Å²) in [7, 11) is 0. The van der Waals surface area contributed by atoms with Crippen LogP contribution in [0.5, 0.6) is 0 Å². The lowest BCUT2D eigenvalue weighted by Crippen LogP contribution is -2.56. The van der Waals surface area contributed by atoms with Crippen LogP contribution >= 0.6 is 0 Å². The van der Waals surface area contributed by atoms with Gasteiger partial charge in [-0.1, -0.05) is 55.3 Å². The summed E-state index contributed by atoms with van der Waals surface area (Å²) in [6.07, 6.45) is 4.28. The van der Waals surface area contributed by atoms with Gasteiger partial charge in [-0.2, -0.15) is 0 Å². The lowest BCUT2D eigenvalue weighted by Gasteiger charge is -2.37. The highest BCUT2D eigenvalue weighted by molar-refractivity contribution is 6.35. The summed E-state index contributed by atoms with van der Waals surface area (Å²) >= 11 is 0. The van der Waals surface area contributed by atoms with Crippen LogP contribution in [0, 0.1) is 0 Å². The van der Waals surface area contributed by atoms with E-state index in [4.69, 9.17) is 0 Å². The highest BCUT2D eigenvalue weighted by atomic mass is 16.2. The van der Waals surface area contributed by atoms with Gasteiger partial charge in [0.25, 0.3) is 5.91 Å². The van der Waals surface area contributed by atoms with Gasteiger partial charge in [0.2, 0.25) is 0 Å². The highest BCUT2D eigenvalue weighted by Gasteiger charge is 2.37. The lowest BCUT2D eigenvalue weighted by molar-refractivity contribution is -0.158. The number of rotatable bonds is 6. The molecule has 1 saturated heterocycles. The lowest BCUT2D eigenvalue weighted by atomic mass is 10.1. The van der Waals surface area contributed by atoms with Crippen LogP contribution in [0.4, 0.5) is 0 Å². The molecule has 1 heterocycles. The van der Waals surface area contributed by atoms with E-state index in [0.29, 0.717) is 25.2 Å². The number of carbonyl (C=O) groups excluding carboxylic acids is 3. The molecule has 2 aromatic carbocycles. The van der Waals surface area contributed by atoms with Crippen molar-refractivity contribution in [3.8, 4) is 0 Å². The van der Waals surface area contributed by atoms with Crippen molar-refractivity contribution in [3.63, 3.8) is 0 Å². The fourth-order valence-electron chi connectivity index (χ4n) is 4.49. The number of hydrogen-bond acceptors (Lipinski definition) is 3. The summed E-state index contributed by atoms with van der Waals surface area (Å²) in [6, 6.07) is 17.2. The predicted molar refractivity (Wildman–Crippen MR) is 118 cm³/mol. The van der Waals surface area contributed by atoms with Gasteiger partial charge in [0.1, 0.15) is 0 Å². The Hall–Kier alpha value is -3.15. The first-order valence-corrected chi connectivity index (χ1v) is 11.1. The van der Waals surface area contributed by atoms with E-state index < -0.39 is 5.91 Å². The Kier molecular flexibility index (Phi) is 6.35. The average Bonchev–Trinajstić information content (AvgIpc) is 3.33. The van der Waals surface area contributed by atoms with Crippen LogP contribution < -0.4 is 5.32 Å². The molecule has 0 radical (unpaired) electrons. The second-order valence-corrected chi connectivity index (χ2v) is 8.47. The molecule has 2 aromatic rings. The Labute approximate surface area is 183 Å². The van der Waals surface area contributed by atoms with Gasteiger partial charge in [0.05, 0.1) is 6.04 Å². The Balaban J connectivity index is 1.33. The Bertz CT molecular complexity index is 936. The van der Waals surface area contributed by atoms with Gasteiger partial charge in [0.15, 0.2) is 0 Å². The Morgan fingerprint density at radius 1 is 0.968 bits per heavy atom. The number of piperazine rings is 1. The first-order valence-electron chi connectivity index (χ1n) is 11.1.